The molecule has 30 heavy (non-hydrogen) atoms. The summed E-state index contributed by atoms with van der Waals surface area (Å²) in [5, 5.41) is 6.74. The molecule has 0 saturated carbocycles. The Balaban J connectivity index is 1.68. The van der Waals surface area contributed by atoms with E-state index < -0.39 is 0 Å². The number of unbranched alkanes of at least 4 members (excludes halogenated alkanes) is 1. The molecule has 0 bridgehead atoms. The number of benzene rings is 1. The van der Waals surface area contributed by atoms with Crippen LogP contribution < -0.4 is 21.1 Å². The van der Waals surface area contributed by atoms with Crippen molar-refractivity contribution in [1.82, 2.24) is 15.5 Å². The molecular formula is C23H39N5O2. The van der Waals surface area contributed by atoms with E-state index in [2.05, 4.69) is 41.5 Å². The average molecular weight is 418 g/mol. The molecule has 1 aromatic carbocycles. The van der Waals surface area contributed by atoms with Gasteiger partial charge >= 0.3 is 0 Å². The second-order valence-electron chi connectivity index (χ2n) is 7.98. The van der Waals surface area contributed by atoms with Gasteiger partial charge in [0.15, 0.2) is 5.96 Å². The van der Waals surface area contributed by atoms with Gasteiger partial charge < -0.3 is 26.0 Å². The number of aryl methyl sites for hydroxylation is 1. The Kier molecular flexibility index (Phi) is 10.5. The second-order valence-corrected chi connectivity index (χ2v) is 7.98. The number of primary amides is 1. The molecule has 0 aromatic heterocycles. The lowest BCUT2D eigenvalue weighted by atomic mass is 9.96. The van der Waals surface area contributed by atoms with Crippen molar-refractivity contribution in [1.29, 1.82) is 0 Å². The van der Waals surface area contributed by atoms with Crippen molar-refractivity contribution in [2.24, 2.45) is 16.6 Å². The summed E-state index contributed by atoms with van der Waals surface area (Å²) in [6.07, 6.45) is 4.85. The number of hydrogen-bond donors (Lipinski definition) is 3. The number of ether oxygens (including phenoxy) is 1. The van der Waals surface area contributed by atoms with Crippen LogP contribution in [-0.4, -0.2) is 63.1 Å². The number of nitrogens with zero attached hydrogens (tertiary/aromatic N) is 2. The fourth-order valence-electron chi connectivity index (χ4n) is 3.84. The third-order valence-electron chi connectivity index (χ3n) is 5.61. The van der Waals surface area contributed by atoms with Crippen molar-refractivity contribution < 1.29 is 9.53 Å². The first-order valence-electron chi connectivity index (χ1n) is 11.2. The number of aliphatic imine (C=N–C) groups is 1. The molecule has 2 rings (SSSR count). The first-order valence-corrected chi connectivity index (χ1v) is 11.2. The third-order valence-corrected chi connectivity index (χ3v) is 5.61. The van der Waals surface area contributed by atoms with Gasteiger partial charge in [-0.3, -0.25) is 9.79 Å². The van der Waals surface area contributed by atoms with Crippen molar-refractivity contribution in [3.05, 3.63) is 29.3 Å². The van der Waals surface area contributed by atoms with Crippen LogP contribution >= 0.6 is 0 Å². The standard InChI is InChI=1S/C23H39N5O2/c1-4-25-23(27-13-9-20-17-18(2)7-8-21(20)30-3)26-12-5-6-14-28-15-10-19(11-16-28)22(24)29/h7-8,17,19H,4-6,9-16H2,1-3H3,(H2,24,29)(H2,25,26,27). The fraction of sp³-hybridized carbons (Fsp3) is 0.652. The van der Waals surface area contributed by atoms with Crippen LogP contribution in [0.3, 0.4) is 0 Å². The Labute approximate surface area is 181 Å². The summed E-state index contributed by atoms with van der Waals surface area (Å²) in [5.74, 6) is 1.73. The Bertz CT molecular complexity index is 684. The molecule has 0 spiro atoms. The van der Waals surface area contributed by atoms with E-state index in [0.717, 1.165) is 83.1 Å². The molecule has 1 aliphatic rings. The number of likely N-dealkylation sites (tertiary alicyclic amines) is 1. The Morgan fingerprint density at radius 2 is 2.03 bits per heavy atom. The minimum absolute atomic E-state index is 0.0689. The first-order chi connectivity index (χ1) is 14.5. The zero-order valence-corrected chi connectivity index (χ0v) is 18.9. The van der Waals surface area contributed by atoms with Crippen molar-refractivity contribution in [3.63, 3.8) is 0 Å². The SMILES string of the molecule is CCNC(=NCCCCN1CCC(C(N)=O)CC1)NCCc1cc(C)ccc1OC. The van der Waals surface area contributed by atoms with Crippen LogP contribution in [0.2, 0.25) is 0 Å². The molecule has 1 saturated heterocycles. The van der Waals surface area contributed by atoms with E-state index >= 15 is 0 Å². The summed E-state index contributed by atoms with van der Waals surface area (Å²) in [5.41, 5.74) is 7.85. The van der Waals surface area contributed by atoms with Gasteiger partial charge in [-0.2, -0.15) is 0 Å². The van der Waals surface area contributed by atoms with Gasteiger partial charge in [-0.05, 0) is 77.2 Å². The Morgan fingerprint density at radius 1 is 1.27 bits per heavy atom. The Hall–Kier alpha value is -2.28. The van der Waals surface area contributed by atoms with Crippen LogP contribution in [0.25, 0.3) is 0 Å². The van der Waals surface area contributed by atoms with E-state index in [0.29, 0.717) is 0 Å². The number of hydrogen-bond acceptors (Lipinski definition) is 4. The lowest BCUT2D eigenvalue weighted by molar-refractivity contribution is -0.123. The zero-order chi connectivity index (χ0) is 21.8. The van der Waals surface area contributed by atoms with Crippen molar-refractivity contribution in [3.8, 4) is 5.75 Å². The average Bonchev–Trinajstić information content (AvgIpc) is 2.74. The summed E-state index contributed by atoms with van der Waals surface area (Å²) in [4.78, 5) is 18.4. The van der Waals surface area contributed by atoms with E-state index in [4.69, 9.17) is 15.5 Å². The quantitative estimate of drug-likeness (QED) is 0.291. The molecule has 0 radical (unpaired) electrons. The number of nitrogens with one attached hydrogen (secondary N) is 2. The maximum absolute atomic E-state index is 11.3. The van der Waals surface area contributed by atoms with E-state index in [1.165, 1.54) is 11.1 Å². The number of nitrogens with two attached hydrogens (primary N) is 1. The molecule has 0 atom stereocenters. The summed E-state index contributed by atoms with van der Waals surface area (Å²) in [6, 6.07) is 6.28. The summed E-state index contributed by atoms with van der Waals surface area (Å²) >= 11 is 0. The molecular weight excluding hydrogens is 378 g/mol. The predicted octanol–water partition coefficient (Wildman–Crippen LogP) is 2.08. The van der Waals surface area contributed by atoms with Gasteiger partial charge in [0.05, 0.1) is 7.11 Å². The predicted molar refractivity (Wildman–Crippen MR) is 123 cm³/mol. The fourth-order valence-corrected chi connectivity index (χ4v) is 3.84. The highest BCUT2D eigenvalue weighted by Crippen LogP contribution is 2.20. The maximum atomic E-state index is 11.3. The summed E-state index contributed by atoms with van der Waals surface area (Å²) < 4.78 is 5.46. The van der Waals surface area contributed by atoms with E-state index in [-0.39, 0.29) is 11.8 Å². The number of carbonyl (C=O) groups excluding carboxylic acids is 1. The third kappa shape index (κ3) is 8.22. The van der Waals surface area contributed by atoms with Crippen molar-refractivity contribution >= 4 is 11.9 Å². The molecule has 1 fully saturated rings. The number of amides is 1. The van der Waals surface area contributed by atoms with Gasteiger partial charge in [-0.25, -0.2) is 0 Å². The minimum atomic E-state index is -0.145. The molecule has 7 nitrogen and oxygen atoms in total. The van der Waals surface area contributed by atoms with Crippen LogP contribution in [-0.2, 0) is 11.2 Å². The molecule has 168 valence electrons. The lowest BCUT2D eigenvalue weighted by Gasteiger charge is -2.30. The number of carbonyl (C=O) groups is 1. The molecule has 7 heteroatoms. The van der Waals surface area contributed by atoms with Gasteiger partial charge in [0, 0.05) is 25.6 Å². The summed E-state index contributed by atoms with van der Waals surface area (Å²) in [7, 11) is 1.72. The van der Waals surface area contributed by atoms with E-state index in [1.807, 2.05) is 6.07 Å². The van der Waals surface area contributed by atoms with Crippen LogP contribution in [0.1, 0.15) is 43.7 Å². The highest BCUT2D eigenvalue weighted by Gasteiger charge is 2.22. The second kappa shape index (κ2) is 13.1. The zero-order valence-electron chi connectivity index (χ0n) is 18.9. The van der Waals surface area contributed by atoms with Crippen LogP contribution in [0.5, 0.6) is 5.75 Å². The van der Waals surface area contributed by atoms with E-state index in [9.17, 15) is 4.79 Å². The molecule has 0 aliphatic carbocycles. The highest BCUT2D eigenvalue weighted by atomic mass is 16.5. The molecule has 4 N–H and O–H groups in total. The number of piperidine rings is 1. The number of rotatable bonds is 11. The largest absolute Gasteiger partial charge is 0.496 e. The summed E-state index contributed by atoms with van der Waals surface area (Å²) in [6.45, 7) is 9.65. The molecule has 0 unspecified atom stereocenters. The van der Waals surface area contributed by atoms with Crippen LogP contribution in [0, 0.1) is 12.8 Å². The van der Waals surface area contributed by atoms with Gasteiger partial charge in [0.2, 0.25) is 5.91 Å². The van der Waals surface area contributed by atoms with Gasteiger partial charge in [-0.15, -0.1) is 0 Å². The first kappa shape index (κ1) is 24.0. The maximum Gasteiger partial charge on any atom is 0.220 e. The lowest BCUT2D eigenvalue weighted by Crippen LogP contribution is -2.39. The van der Waals surface area contributed by atoms with Crippen molar-refractivity contribution in [2.45, 2.75) is 46.0 Å². The molecule has 1 amide bonds. The number of methoxy groups -OCH3 is 1. The van der Waals surface area contributed by atoms with E-state index in [1.54, 1.807) is 7.11 Å². The van der Waals surface area contributed by atoms with Crippen LogP contribution in [0.4, 0.5) is 0 Å². The van der Waals surface area contributed by atoms with Gasteiger partial charge in [0.25, 0.3) is 0 Å². The van der Waals surface area contributed by atoms with Crippen molar-refractivity contribution in [2.75, 3.05) is 46.4 Å². The smallest absolute Gasteiger partial charge is 0.220 e. The van der Waals surface area contributed by atoms with Crippen LogP contribution in [0.15, 0.2) is 23.2 Å². The van der Waals surface area contributed by atoms with Gasteiger partial charge in [0.1, 0.15) is 5.75 Å². The molecule has 1 heterocycles. The highest BCUT2D eigenvalue weighted by molar-refractivity contribution is 5.79. The molecule has 1 aromatic rings. The molecule has 1 aliphatic heterocycles. The van der Waals surface area contributed by atoms with Gasteiger partial charge in [-0.1, -0.05) is 17.7 Å². The normalized spacial score (nSPS) is 15.8. The topological polar surface area (TPSA) is 92.0 Å². The minimum Gasteiger partial charge on any atom is -0.496 e. The number of guanidine groups is 1. The Morgan fingerprint density at radius 3 is 2.70 bits per heavy atom. The monoisotopic (exact) mass is 417 g/mol.